The molecule has 2 rings (SSSR count). The molecule has 68 valence electrons. The van der Waals surface area contributed by atoms with E-state index in [2.05, 4.69) is 6.92 Å². The summed E-state index contributed by atoms with van der Waals surface area (Å²) in [4.78, 5) is 12.4. The van der Waals surface area contributed by atoms with Crippen molar-refractivity contribution in [2.75, 3.05) is 19.6 Å². The molecule has 0 unspecified atom stereocenters. The minimum absolute atomic E-state index is 0.232. The quantitative estimate of drug-likeness (QED) is 0.664. The van der Waals surface area contributed by atoms with Crippen LogP contribution in [0.25, 0.3) is 0 Å². The van der Waals surface area contributed by atoms with Gasteiger partial charge >= 0.3 is 5.97 Å². The van der Waals surface area contributed by atoms with Crippen molar-refractivity contribution in [2.24, 2.45) is 11.3 Å². The van der Waals surface area contributed by atoms with Gasteiger partial charge in [-0.2, -0.15) is 0 Å². The number of hydrogen-bond acceptors (Lipinski definition) is 2. The highest BCUT2D eigenvalue weighted by Gasteiger charge is 2.50. The van der Waals surface area contributed by atoms with Gasteiger partial charge in [0.1, 0.15) is 0 Å². The van der Waals surface area contributed by atoms with Crippen LogP contribution in [-0.4, -0.2) is 35.6 Å². The monoisotopic (exact) mass is 169 g/mol. The van der Waals surface area contributed by atoms with E-state index in [0.717, 1.165) is 19.0 Å². The molecule has 0 aromatic carbocycles. The Balaban J connectivity index is 1.74. The average molecular weight is 169 g/mol. The second-order valence-electron chi connectivity index (χ2n) is 4.55. The second-order valence-corrected chi connectivity index (χ2v) is 4.55. The van der Waals surface area contributed by atoms with Gasteiger partial charge in [0.25, 0.3) is 0 Å². The van der Waals surface area contributed by atoms with E-state index < -0.39 is 5.97 Å². The Bertz CT molecular complexity index is 201. The fraction of sp³-hybridized carbons (Fsp3) is 0.889. The van der Waals surface area contributed by atoms with Crippen LogP contribution in [0, 0.1) is 11.3 Å². The van der Waals surface area contributed by atoms with Crippen molar-refractivity contribution in [3.05, 3.63) is 0 Å². The zero-order valence-electron chi connectivity index (χ0n) is 7.42. The smallest absolute Gasteiger partial charge is 0.317 e. The minimum atomic E-state index is -0.697. The number of carboxylic acids is 1. The zero-order valence-corrected chi connectivity index (χ0v) is 7.42. The highest BCUT2D eigenvalue weighted by Crippen LogP contribution is 2.51. The van der Waals surface area contributed by atoms with Gasteiger partial charge in [-0.1, -0.05) is 6.92 Å². The normalized spacial score (nSPS) is 28.1. The lowest BCUT2D eigenvalue weighted by Crippen LogP contribution is -2.62. The summed E-state index contributed by atoms with van der Waals surface area (Å²) in [5.41, 5.74) is 0.537. The maximum Gasteiger partial charge on any atom is 0.317 e. The van der Waals surface area contributed by atoms with Gasteiger partial charge in [-0.25, -0.2) is 0 Å². The van der Waals surface area contributed by atoms with Crippen LogP contribution in [0.4, 0.5) is 0 Å². The minimum Gasteiger partial charge on any atom is -0.480 e. The number of hydrogen-bond donors (Lipinski definition) is 1. The van der Waals surface area contributed by atoms with Crippen LogP contribution in [0.2, 0.25) is 0 Å². The Kier molecular flexibility index (Phi) is 1.65. The van der Waals surface area contributed by atoms with Crippen molar-refractivity contribution in [1.82, 2.24) is 4.90 Å². The lowest BCUT2D eigenvalue weighted by atomic mass is 9.58. The standard InChI is InChI=1S/C9H15NO2/c1-7-2-9(3-7)5-10(6-9)4-8(11)12/h7H,2-6H2,1H3,(H,11,12). The summed E-state index contributed by atoms with van der Waals surface area (Å²) in [6, 6.07) is 0. The highest BCUT2D eigenvalue weighted by molar-refractivity contribution is 5.69. The van der Waals surface area contributed by atoms with E-state index in [0.29, 0.717) is 5.41 Å². The number of nitrogens with zero attached hydrogens (tertiary/aromatic N) is 1. The molecule has 1 saturated heterocycles. The first-order valence-corrected chi connectivity index (χ1v) is 4.54. The van der Waals surface area contributed by atoms with Crippen molar-refractivity contribution >= 4 is 5.97 Å². The van der Waals surface area contributed by atoms with E-state index in [1.165, 1.54) is 12.8 Å². The maximum atomic E-state index is 10.3. The van der Waals surface area contributed by atoms with Crippen LogP contribution < -0.4 is 0 Å². The molecule has 2 aliphatic rings. The molecule has 1 heterocycles. The molecule has 1 spiro atoms. The molecule has 2 fully saturated rings. The van der Waals surface area contributed by atoms with Gasteiger partial charge in [0.05, 0.1) is 6.54 Å². The summed E-state index contributed by atoms with van der Waals surface area (Å²) in [6.45, 7) is 4.54. The Morgan fingerprint density at radius 1 is 1.58 bits per heavy atom. The van der Waals surface area contributed by atoms with E-state index in [4.69, 9.17) is 5.11 Å². The number of likely N-dealkylation sites (tertiary alicyclic amines) is 1. The van der Waals surface area contributed by atoms with Crippen LogP contribution in [-0.2, 0) is 4.79 Å². The first kappa shape index (κ1) is 8.05. The van der Waals surface area contributed by atoms with E-state index in [1.807, 2.05) is 4.90 Å². The molecule has 3 nitrogen and oxygen atoms in total. The van der Waals surface area contributed by atoms with Crippen LogP contribution in [0.5, 0.6) is 0 Å². The lowest BCUT2D eigenvalue weighted by Gasteiger charge is -2.58. The van der Waals surface area contributed by atoms with Crippen molar-refractivity contribution in [3.8, 4) is 0 Å². The third-order valence-electron chi connectivity index (χ3n) is 3.04. The summed E-state index contributed by atoms with van der Waals surface area (Å²) in [5, 5.41) is 8.52. The Hall–Kier alpha value is -0.570. The van der Waals surface area contributed by atoms with Crippen molar-refractivity contribution < 1.29 is 9.90 Å². The molecule has 0 aromatic heterocycles. The van der Waals surface area contributed by atoms with Crippen molar-refractivity contribution in [1.29, 1.82) is 0 Å². The highest BCUT2D eigenvalue weighted by atomic mass is 16.4. The number of carbonyl (C=O) groups is 1. The Labute approximate surface area is 72.4 Å². The fourth-order valence-electron chi connectivity index (χ4n) is 2.88. The topological polar surface area (TPSA) is 40.5 Å². The van der Waals surface area contributed by atoms with Gasteiger partial charge in [-0.05, 0) is 24.2 Å². The molecule has 1 aliphatic carbocycles. The van der Waals surface area contributed by atoms with Gasteiger partial charge in [0.15, 0.2) is 0 Å². The fourth-order valence-corrected chi connectivity index (χ4v) is 2.88. The lowest BCUT2D eigenvalue weighted by molar-refractivity contribution is -0.146. The van der Waals surface area contributed by atoms with Crippen molar-refractivity contribution in [2.45, 2.75) is 19.8 Å². The summed E-state index contributed by atoms with van der Waals surface area (Å²) in [6.07, 6.45) is 2.62. The van der Waals surface area contributed by atoms with E-state index >= 15 is 0 Å². The molecule has 0 radical (unpaired) electrons. The second kappa shape index (κ2) is 2.46. The Morgan fingerprint density at radius 3 is 2.58 bits per heavy atom. The van der Waals surface area contributed by atoms with Crippen LogP contribution in [0.15, 0.2) is 0 Å². The molecule has 0 aromatic rings. The molecule has 1 saturated carbocycles. The van der Waals surface area contributed by atoms with Crippen LogP contribution >= 0.6 is 0 Å². The number of rotatable bonds is 2. The van der Waals surface area contributed by atoms with E-state index in [1.54, 1.807) is 0 Å². The number of carboxylic acid groups (broad SMARTS) is 1. The summed E-state index contributed by atoms with van der Waals surface area (Å²) in [7, 11) is 0. The van der Waals surface area contributed by atoms with Crippen molar-refractivity contribution in [3.63, 3.8) is 0 Å². The SMILES string of the molecule is CC1CC2(C1)CN(CC(=O)O)C2. The summed E-state index contributed by atoms with van der Waals surface area (Å²) in [5.74, 6) is 0.175. The molecule has 3 heteroatoms. The predicted molar refractivity (Wildman–Crippen MR) is 44.9 cm³/mol. The molecule has 0 amide bonds. The number of aliphatic carboxylic acids is 1. The molecular formula is C9H15NO2. The van der Waals surface area contributed by atoms with Gasteiger partial charge in [0, 0.05) is 13.1 Å². The average Bonchev–Trinajstić information content (AvgIpc) is 1.78. The molecular weight excluding hydrogens is 154 g/mol. The molecule has 0 bridgehead atoms. The molecule has 1 aliphatic heterocycles. The maximum absolute atomic E-state index is 10.3. The van der Waals surface area contributed by atoms with Gasteiger partial charge in [-0.3, -0.25) is 9.69 Å². The molecule has 1 N–H and O–H groups in total. The molecule has 0 atom stereocenters. The summed E-state index contributed by atoms with van der Waals surface area (Å²) < 4.78 is 0. The van der Waals surface area contributed by atoms with Gasteiger partial charge in [-0.15, -0.1) is 0 Å². The summed E-state index contributed by atoms with van der Waals surface area (Å²) >= 11 is 0. The molecule has 12 heavy (non-hydrogen) atoms. The van der Waals surface area contributed by atoms with E-state index in [9.17, 15) is 4.79 Å². The van der Waals surface area contributed by atoms with Gasteiger partial charge in [0.2, 0.25) is 0 Å². The largest absolute Gasteiger partial charge is 0.480 e. The Morgan fingerprint density at radius 2 is 2.17 bits per heavy atom. The third-order valence-corrected chi connectivity index (χ3v) is 3.04. The third kappa shape index (κ3) is 1.22. The zero-order chi connectivity index (χ0) is 8.77. The van der Waals surface area contributed by atoms with Gasteiger partial charge < -0.3 is 5.11 Å². The van der Waals surface area contributed by atoms with Crippen LogP contribution in [0.3, 0.4) is 0 Å². The predicted octanol–water partition coefficient (Wildman–Crippen LogP) is 0.803. The first-order valence-electron chi connectivity index (χ1n) is 4.54. The first-order chi connectivity index (χ1) is 5.60. The van der Waals surface area contributed by atoms with E-state index in [-0.39, 0.29) is 6.54 Å². The van der Waals surface area contributed by atoms with Crippen LogP contribution in [0.1, 0.15) is 19.8 Å².